The minimum atomic E-state index is 0.0206. The van der Waals surface area contributed by atoms with Gasteiger partial charge in [-0.2, -0.15) is 4.98 Å². The largest absolute Gasteiger partial charge is 0.312 e. The minimum absolute atomic E-state index is 0.0206. The summed E-state index contributed by atoms with van der Waals surface area (Å²) in [4.78, 5) is 23.9. The number of hydrogen-bond donors (Lipinski definition) is 0. The average Bonchev–Trinajstić information content (AvgIpc) is 3.20. The Morgan fingerprint density at radius 3 is 2.61 bits per heavy atom. The van der Waals surface area contributed by atoms with Crippen molar-refractivity contribution in [2.75, 3.05) is 17.2 Å². The highest BCUT2D eigenvalue weighted by Gasteiger charge is 2.18. The molecule has 8 heteroatoms. The van der Waals surface area contributed by atoms with E-state index in [4.69, 9.17) is 11.6 Å². The van der Waals surface area contributed by atoms with E-state index < -0.39 is 0 Å². The van der Waals surface area contributed by atoms with Gasteiger partial charge in [0.25, 0.3) is 5.78 Å². The summed E-state index contributed by atoms with van der Waals surface area (Å²) in [6.07, 6.45) is 0.670. The van der Waals surface area contributed by atoms with Gasteiger partial charge in [0.05, 0.1) is 5.75 Å². The standard InChI is InChI=1S/C25H26ClN5OS/c1-5-30(20-11-8-9-16(2)13-20)23(32)15-33-25-28-24-27-17(3)21(18(4)31(24)29-25)14-19-10-6-7-12-22(19)26/h6-13H,5,14-15H2,1-4H3. The van der Waals surface area contributed by atoms with Crippen molar-refractivity contribution in [3.63, 3.8) is 0 Å². The van der Waals surface area contributed by atoms with E-state index in [0.29, 0.717) is 23.9 Å². The van der Waals surface area contributed by atoms with Gasteiger partial charge in [0, 0.05) is 35.1 Å². The predicted molar refractivity (Wildman–Crippen MR) is 134 cm³/mol. The summed E-state index contributed by atoms with van der Waals surface area (Å²) in [6, 6.07) is 15.8. The lowest BCUT2D eigenvalue weighted by Crippen LogP contribution is -2.32. The number of rotatable bonds is 7. The molecule has 0 aliphatic heterocycles. The lowest BCUT2D eigenvalue weighted by Gasteiger charge is -2.21. The maximum Gasteiger partial charge on any atom is 0.253 e. The van der Waals surface area contributed by atoms with E-state index in [-0.39, 0.29) is 11.7 Å². The number of anilines is 1. The fourth-order valence-corrected chi connectivity index (χ4v) is 4.74. The van der Waals surface area contributed by atoms with Crippen molar-refractivity contribution < 1.29 is 4.79 Å². The first-order chi connectivity index (χ1) is 15.9. The van der Waals surface area contributed by atoms with Gasteiger partial charge in [-0.1, -0.05) is 53.7 Å². The average molecular weight is 480 g/mol. The molecule has 2 aromatic heterocycles. The Labute approximate surface area is 203 Å². The fraction of sp³-hybridized carbons (Fsp3) is 0.280. The van der Waals surface area contributed by atoms with Crippen molar-refractivity contribution in [1.82, 2.24) is 19.6 Å². The Morgan fingerprint density at radius 2 is 1.88 bits per heavy atom. The van der Waals surface area contributed by atoms with Crippen molar-refractivity contribution >= 4 is 40.7 Å². The summed E-state index contributed by atoms with van der Waals surface area (Å²) < 4.78 is 1.75. The van der Waals surface area contributed by atoms with E-state index >= 15 is 0 Å². The van der Waals surface area contributed by atoms with Crippen LogP contribution in [0.2, 0.25) is 5.02 Å². The lowest BCUT2D eigenvalue weighted by atomic mass is 10.0. The maximum atomic E-state index is 12.9. The highest BCUT2D eigenvalue weighted by molar-refractivity contribution is 7.99. The molecule has 4 rings (SSSR count). The predicted octanol–water partition coefficient (Wildman–Crippen LogP) is 5.44. The molecule has 0 saturated heterocycles. The van der Waals surface area contributed by atoms with Crippen LogP contribution in [0, 0.1) is 20.8 Å². The van der Waals surface area contributed by atoms with Crippen LogP contribution in [0.3, 0.4) is 0 Å². The smallest absolute Gasteiger partial charge is 0.253 e. The molecule has 0 bridgehead atoms. The first kappa shape index (κ1) is 23.3. The number of carbonyl (C=O) groups is 1. The number of halogens is 1. The highest BCUT2D eigenvalue weighted by atomic mass is 35.5. The molecule has 1 amide bonds. The van der Waals surface area contributed by atoms with Gasteiger partial charge < -0.3 is 4.90 Å². The number of aryl methyl sites for hydroxylation is 3. The number of benzene rings is 2. The number of thioether (sulfide) groups is 1. The number of aromatic nitrogens is 4. The van der Waals surface area contributed by atoms with Crippen molar-refractivity contribution in [2.45, 2.75) is 39.3 Å². The van der Waals surface area contributed by atoms with Gasteiger partial charge in [-0.25, -0.2) is 9.50 Å². The third-order valence-electron chi connectivity index (χ3n) is 5.61. The Balaban J connectivity index is 1.54. The van der Waals surface area contributed by atoms with Gasteiger partial charge in [0.1, 0.15) is 0 Å². The SMILES string of the molecule is CCN(C(=O)CSc1nc2nc(C)c(Cc3ccccc3Cl)c(C)n2n1)c1cccc(C)c1. The van der Waals surface area contributed by atoms with Gasteiger partial charge in [0.15, 0.2) is 0 Å². The quantitative estimate of drug-likeness (QED) is 0.330. The van der Waals surface area contributed by atoms with Crippen molar-refractivity contribution in [3.05, 3.63) is 81.6 Å². The highest BCUT2D eigenvalue weighted by Crippen LogP contribution is 2.24. The van der Waals surface area contributed by atoms with Crippen LogP contribution in [0.15, 0.2) is 53.7 Å². The number of carbonyl (C=O) groups excluding carboxylic acids is 1. The van der Waals surface area contributed by atoms with Crippen LogP contribution in [0.25, 0.3) is 5.78 Å². The number of hydrogen-bond acceptors (Lipinski definition) is 5. The van der Waals surface area contributed by atoms with Crippen LogP contribution >= 0.6 is 23.4 Å². The van der Waals surface area contributed by atoms with E-state index in [2.05, 4.69) is 15.1 Å². The van der Waals surface area contributed by atoms with Crippen molar-refractivity contribution in [3.8, 4) is 0 Å². The second-order valence-corrected chi connectivity index (χ2v) is 9.25. The van der Waals surface area contributed by atoms with Crippen LogP contribution in [0.5, 0.6) is 0 Å². The summed E-state index contributed by atoms with van der Waals surface area (Å²) in [5.74, 6) is 0.810. The summed E-state index contributed by atoms with van der Waals surface area (Å²) in [5.41, 5.74) is 6.02. The molecular weight excluding hydrogens is 454 g/mol. The molecule has 0 N–H and O–H groups in total. The Kier molecular flexibility index (Phi) is 7.00. The van der Waals surface area contributed by atoms with Crippen LogP contribution in [-0.4, -0.2) is 37.8 Å². The van der Waals surface area contributed by atoms with Gasteiger partial charge >= 0.3 is 0 Å². The number of nitrogens with zero attached hydrogens (tertiary/aromatic N) is 5. The molecular formula is C25H26ClN5OS. The molecule has 4 aromatic rings. The van der Waals surface area contributed by atoms with E-state index in [1.165, 1.54) is 11.8 Å². The molecule has 0 atom stereocenters. The van der Waals surface area contributed by atoms with Gasteiger partial charge in [-0.3, -0.25) is 4.79 Å². The van der Waals surface area contributed by atoms with E-state index in [0.717, 1.165) is 38.8 Å². The second kappa shape index (κ2) is 9.93. The van der Waals surface area contributed by atoms with Crippen molar-refractivity contribution in [2.24, 2.45) is 0 Å². The van der Waals surface area contributed by atoms with Crippen molar-refractivity contribution in [1.29, 1.82) is 0 Å². The van der Waals surface area contributed by atoms with Crippen LogP contribution in [0.1, 0.15) is 35.0 Å². The Hall–Kier alpha value is -2.90. The molecule has 170 valence electrons. The Morgan fingerprint density at radius 1 is 1.09 bits per heavy atom. The third kappa shape index (κ3) is 5.04. The lowest BCUT2D eigenvalue weighted by molar-refractivity contribution is -0.116. The summed E-state index contributed by atoms with van der Waals surface area (Å²) >= 11 is 7.70. The normalized spacial score (nSPS) is 11.2. The van der Waals surface area contributed by atoms with Gasteiger partial charge in [-0.05, 0) is 62.6 Å². The molecule has 2 heterocycles. The van der Waals surface area contributed by atoms with E-state index in [9.17, 15) is 4.79 Å². The summed E-state index contributed by atoms with van der Waals surface area (Å²) in [7, 11) is 0. The van der Waals surface area contributed by atoms with E-state index in [1.807, 2.05) is 76.2 Å². The molecule has 0 unspecified atom stereocenters. The second-order valence-electron chi connectivity index (χ2n) is 7.90. The zero-order chi connectivity index (χ0) is 23.5. The first-order valence-electron chi connectivity index (χ1n) is 10.8. The van der Waals surface area contributed by atoms with Gasteiger partial charge in [-0.15, -0.1) is 5.10 Å². The zero-order valence-electron chi connectivity index (χ0n) is 19.2. The zero-order valence-corrected chi connectivity index (χ0v) is 20.7. The topological polar surface area (TPSA) is 63.4 Å². The molecule has 33 heavy (non-hydrogen) atoms. The van der Waals surface area contributed by atoms with Crippen LogP contribution < -0.4 is 4.90 Å². The van der Waals surface area contributed by atoms with Crippen LogP contribution in [-0.2, 0) is 11.2 Å². The fourth-order valence-electron chi connectivity index (χ4n) is 3.84. The van der Waals surface area contributed by atoms with Gasteiger partial charge in [0.2, 0.25) is 11.1 Å². The molecule has 6 nitrogen and oxygen atoms in total. The van der Waals surface area contributed by atoms with E-state index in [1.54, 1.807) is 9.42 Å². The molecule has 2 aromatic carbocycles. The molecule has 0 aliphatic carbocycles. The maximum absolute atomic E-state index is 12.9. The van der Waals surface area contributed by atoms with Crippen LogP contribution in [0.4, 0.5) is 5.69 Å². The molecule has 0 radical (unpaired) electrons. The molecule has 0 aliphatic rings. The number of amides is 1. The third-order valence-corrected chi connectivity index (χ3v) is 6.80. The number of fused-ring (bicyclic) bond motifs is 1. The Bertz CT molecular complexity index is 1320. The molecule has 0 saturated carbocycles. The first-order valence-corrected chi connectivity index (χ1v) is 12.2. The molecule has 0 fully saturated rings. The monoisotopic (exact) mass is 479 g/mol. The summed E-state index contributed by atoms with van der Waals surface area (Å²) in [5, 5.41) is 5.90. The molecule has 0 spiro atoms. The minimum Gasteiger partial charge on any atom is -0.312 e. The summed E-state index contributed by atoms with van der Waals surface area (Å²) in [6.45, 7) is 8.59.